The molecule has 1 heterocycles. The first kappa shape index (κ1) is 23.4. The summed E-state index contributed by atoms with van der Waals surface area (Å²) < 4.78 is 18.9. The summed E-state index contributed by atoms with van der Waals surface area (Å²) in [6.45, 7) is 2.75. The van der Waals surface area contributed by atoms with Crippen LogP contribution in [0.25, 0.3) is 0 Å². The van der Waals surface area contributed by atoms with Crippen molar-refractivity contribution < 1.29 is 28.3 Å². The number of amides is 3. The number of carbonyl (C=O) groups excluding carboxylic acids is 4. The molecule has 1 aliphatic rings. The number of primary amides is 1. The molecule has 4 N–H and O–H groups in total. The number of thiophene rings is 1. The summed E-state index contributed by atoms with van der Waals surface area (Å²) in [4.78, 5) is 50.0. The molecular weight excluding hydrogens is 437 g/mol. The predicted octanol–water partition coefficient (Wildman–Crippen LogP) is 2.41. The molecule has 0 bridgehead atoms. The van der Waals surface area contributed by atoms with Gasteiger partial charge in [-0.3, -0.25) is 14.4 Å². The third kappa shape index (κ3) is 5.13. The third-order valence-corrected chi connectivity index (χ3v) is 6.30. The van der Waals surface area contributed by atoms with Crippen molar-refractivity contribution in [2.45, 2.75) is 39.2 Å². The highest BCUT2D eigenvalue weighted by atomic mass is 32.1. The molecule has 8 nitrogen and oxygen atoms in total. The van der Waals surface area contributed by atoms with E-state index in [1.165, 1.54) is 29.5 Å². The van der Waals surface area contributed by atoms with Crippen LogP contribution in [0.1, 0.15) is 51.4 Å². The molecule has 1 aromatic carbocycles. The second-order valence-corrected chi connectivity index (χ2v) is 8.86. The molecule has 2 aromatic rings. The summed E-state index contributed by atoms with van der Waals surface area (Å²) in [5.74, 6) is -3.93. The molecule has 1 atom stereocenters. The summed E-state index contributed by atoms with van der Waals surface area (Å²) >= 11 is 1.29. The van der Waals surface area contributed by atoms with E-state index >= 15 is 0 Å². The van der Waals surface area contributed by atoms with Crippen molar-refractivity contribution in [3.05, 3.63) is 51.7 Å². The highest BCUT2D eigenvalue weighted by Crippen LogP contribution is 2.38. The molecular formula is C22H24FN3O5S. The maximum absolute atomic E-state index is 13.8. The van der Waals surface area contributed by atoms with Gasteiger partial charge in [0.2, 0.25) is 0 Å². The quantitative estimate of drug-likeness (QED) is 0.520. The van der Waals surface area contributed by atoms with Gasteiger partial charge in [0.25, 0.3) is 17.7 Å². The number of rotatable bonds is 8. The van der Waals surface area contributed by atoms with E-state index < -0.39 is 42.2 Å². The van der Waals surface area contributed by atoms with Gasteiger partial charge < -0.3 is 21.1 Å². The second-order valence-electron chi connectivity index (χ2n) is 7.76. The molecule has 32 heavy (non-hydrogen) atoms. The summed E-state index contributed by atoms with van der Waals surface area (Å²) in [6.07, 6.45) is 2.48. The average Bonchev–Trinajstić information content (AvgIpc) is 3.30. The smallest absolute Gasteiger partial charge is 0.329 e. The van der Waals surface area contributed by atoms with Crippen LogP contribution in [0, 0.1) is 11.7 Å². The molecule has 10 heteroatoms. The number of halogens is 1. The lowest BCUT2D eigenvalue weighted by Crippen LogP contribution is -2.46. The maximum atomic E-state index is 13.8. The molecule has 0 saturated carbocycles. The number of carbonyl (C=O) groups is 4. The average molecular weight is 462 g/mol. The molecule has 3 rings (SSSR count). The van der Waals surface area contributed by atoms with E-state index in [4.69, 9.17) is 10.5 Å². The predicted molar refractivity (Wildman–Crippen MR) is 117 cm³/mol. The Labute approximate surface area is 188 Å². The van der Waals surface area contributed by atoms with Gasteiger partial charge in [-0.25, -0.2) is 9.18 Å². The Morgan fingerprint density at radius 1 is 1.19 bits per heavy atom. The first-order chi connectivity index (χ1) is 15.2. The standard InChI is InChI=1S/C22H24FN3O5S/c1-11(2)18(26-20(29)12-6-3-4-8-14(12)23)22(30)31-10-16(27)25-21-17(19(24)28)13-7-5-9-15(13)32-21/h3-4,6,8,11,18H,5,7,9-10H2,1-2H3,(H2,24,28)(H,25,27)(H,26,29)/t18-/m1/s1. The highest BCUT2D eigenvalue weighted by Gasteiger charge is 2.29. The Bertz CT molecular complexity index is 1070. The van der Waals surface area contributed by atoms with E-state index in [9.17, 15) is 23.6 Å². The van der Waals surface area contributed by atoms with Crippen molar-refractivity contribution >= 4 is 40.0 Å². The zero-order valence-corrected chi connectivity index (χ0v) is 18.5. The van der Waals surface area contributed by atoms with Crippen LogP contribution in [-0.4, -0.2) is 36.3 Å². The molecule has 0 spiro atoms. The van der Waals surface area contributed by atoms with Crippen molar-refractivity contribution in [2.24, 2.45) is 11.7 Å². The van der Waals surface area contributed by atoms with Gasteiger partial charge in [-0.15, -0.1) is 11.3 Å². The molecule has 0 radical (unpaired) electrons. The van der Waals surface area contributed by atoms with Crippen molar-refractivity contribution in [1.29, 1.82) is 0 Å². The number of aryl methyl sites for hydroxylation is 1. The van der Waals surface area contributed by atoms with Crippen LogP contribution < -0.4 is 16.4 Å². The molecule has 1 aliphatic carbocycles. The zero-order chi connectivity index (χ0) is 23.4. The van der Waals surface area contributed by atoms with Crippen LogP contribution in [0.15, 0.2) is 24.3 Å². The van der Waals surface area contributed by atoms with E-state index in [2.05, 4.69) is 10.6 Å². The van der Waals surface area contributed by atoms with Gasteiger partial charge in [-0.1, -0.05) is 26.0 Å². The number of esters is 1. The second kappa shape index (κ2) is 9.90. The van der Waals surface area contributed by atoms with Gasteiger partial charge in [0.05, 0.1) is 11.1 Å². The van der Waals surface area contributed by atoms with Gasteiger partial charge in [0.1, 0.15) is 16.9 Å². The van der Waals surface area contributed by atoms with Crippen LogP contribution in [0.2, 0.25) is 0 Å². The highest BCUT2D eigenvalue weighted by molar-refractivity contribution is 7.17. The monoisotopic (exact) mass is 461 g/mol. The SMILES string of the molecule is CC(C)[C@@H](NC(=O)c1ccccc1F)C(=O)OCC(=O)Nc1sc2c(c1C(N)=O)CCC2. The van der Waals surface area contributed by atoms with E-state index in [0.717, 1.165) is 35.8 Å². The molecule has 0 fully saturated rings. The van der Waals surface area contributed by atoms with Gasteiger partial charge in [-0.2, -0.15) is 0 Å². The number of nitrogens with one attached hydrogen (secondary N) is 2. The van der Waals surface area contributed by atoms with Crippen LogP contribution in [-0.2, 0) is 27.2 Å². The summed E-state index contributed by atoms with van der Waals surface area (Å²) in [5, 5.41) is 5.38. The first-order valence-corrected chi connectivity index (χ1v) is 11.0. The Morgan fingerprint density at radius 3 is 2.56 bits per heavy atom. The maximum Gasteiger partial charge on any atom is 0.329 e. The normalized spacial score (nSPS) is 13.4. The number of fused-ring (bicyclic) bond motifs is 1. The summed E-state index contributed by atoms with van der Waals surface area (Å²) in [5.41, 5.74) is 6.44. The lowest BCUT2D eigenvalue weighted by molar-refractivity contribution is -0.150. The fraction of sp³-hybridized carbons (Fsp3) is 0.364. The van der Waals surface area contributed by atoms with E-state index in [1.807, 2.05) is 0 Å². The topological polar surface area (TPSA) is 128 Å². The van der Waals surface area contributed by atoms with Crippen molar-refractivity contribution in [2.75, 3.05) is 11.9 Å². The van der Waals surface area contributed by atoms with Crippen molar-refractivity contribution in [3.8, 4) is 0 Å². The van der Waals surface area contributed by atoms with Crippen molar-refractivity contribution in [3.63, 3.8) is 0 Å². The minimum absolute atomic E-state index is 0.201. The Morgan fingerprint density at radius 2 is 1.91 bits per heavy atom. The lowest BCUT2D eigenvalue weighted by atomic mass is 10.0. The summed E-state index contributed by atoms with van der Waals surface area (Å²) in [6, 6.07) is 4.32. The van der Waals surface area contributed by atoms with Crippen LogP contribution in [0.5, 0.6) is 0 Å². The van der Waals surface area contributed by atoms with Gasteiger partial charge >= 0.3 is 5.97 Å². The number of benzene rings is 1. The minimum Gasteiger partial charge on any atom is -0.454 e. The van der Waals surface area contributed by atoms with Gasteiger partial charge in [-0.05, 0) is 42.9 Å². The molecule has 0 aliphatic heterocycles. The molecule has 0 unspecified atom stereocenters. The van der Waals surface area contributed by atoms with E-state index in [1.54, 1.807) is 13.8 Å². The fourth-order valence-electron chi connectivity index (χ4n) is 3.50. The zero-order valence-electron chi connectivity index (χ0n) is 17.7. The molecule has 0 saturated heterocycles. The molecule has 170 valence electrons. The largest absolute Gasteiger partial charge is 0.454 e. The molecule has 1 aromatic heterocycles. The third-order valence-electron chi connectivity index (χ3n) is 5.09. The van der Waals surface area contributed by atoms with Crippen LogP contribution in [0.3, 0.4) is 0 Å². The van der Waals surface area contributed by atoms with Gasteiger partial charge in [0, 0.05) is 4.88 Å². The summed E-state index contributed by atoms with van der Waals surface area (Å²) in [7, 11) is 0. The van der Waals surface area contributed by atoms with Gasteiger partial charge in [0.15, 0.2) is 6.61 Å². The number of ether oxygens (including phenoxy) is 1. The Balaban J connectivity index is 1.61. The van der Waals surface area contributed by atoms with Crippen molar-refractivity contribution in [1.82, 2.24) is 5.32 Å². The van der Waals surface area contributed by atoms with Crippen LogP contribution in [0.4, 0.5) is 9.39 Å². The number of nitrogens with two attached hydrogens (primary N) is 1. The number of hydrogen-bond acceptors (Lipinski definition) is 6. The van der Waals surface area contributed by atoms with E-state index in [0.29, 0.717) is 10.6 Å². The lowest BCUT2D eigenvalue weighted by Gasteiger charge is -2.21. The minimum atomic E-state index is -1.08. The number of hydrogen-bond donors (Lipinski definition) is 3. The first-order valence-electron chi connectivity index (χ1n) is 10.1. The fourth-order valence-corrected chi connectivity index (χ4v) is 4.82. The Hall–Kier alpha value is -3.27. The molecule has 3 amide bonds. The number of anilines is 1. The Kier molecular flexibility index (Phi) is 7.24. The van der Waals surface area contributed by atoms with E-state index in [-0.39, 0.29) is 11.5 Å². The van der Waals surface area contributed by atoms with Crippen LogP contribution >= 0.6 is 11.3 Å².